The van der Waals surface area contributed by atoms with Gasteiger partial charge in [0.1, 0.15) is 0 Å². The fraction of sp³-hybridized carbons (Fsp3) is 0.857. The molecule has 0 amide bonds. The van der Waals surface area contributed by atoms with Gasteiger partial charge in [-0.2, -0.15) is 0 Å². The maximum absolute atomic E-state index is 5.21. The van der Waals surface area contributed by atoms with E-state index in [9.17, 15) is 0 Å². The standard InChI is InChI=1S/C6H12BO2.CH2.Al/c1-5(2)6(3,4)9-7-8-5;;/h1-4H3;1H2;. The molecule has 1 fully saturated rings. The fourth-order valence-corrected chi connectivity index (χ4v) is 0.548. The zero-order chi connectivity index (χ0) is 9.12. The zero-order valence-corrected chi connectivity index (χ0v) is 8.83. The minimum atomic E-state index is -0.188. The van der Waals surface area contributed by atoms with Crippen molar-refractivity contribution in [3.63, 3.8) is 0 Å². The van der Waals surface area contributed by atoms with Gasteiger partial charge in [-0.05, 0) is 27.7 Å². The summed E-state index contributed by atoms with van der Waals surface area (Å²) in [6.45, 7) is 8.04. The van der Waals surface area contributed by atoms with E-state index < -0.39 is 0 Å². The minimum absolute atomic E-state index is 0.187. The van der Waals surface area contributed by atoms with Crippen LogP contribution in [-0.2, 0) is 9.31 Å². The summed E-state index contributed by atoms with van der Waals surface area (Å²) in [5.41, 5.74) is -0.375. The second-order valence-electron chi connectivity index (χ2n) is 3.35. The van der Waals surface area contributed by atoms with E-state index in [1.807, 2.05) is 27.7 Å². The molecule has 0 aromatic rings. The average molecular weight is 168 g/mol. The molecule has 0 unspecified atom stereocenters. The maximum atomic E-state index is 5.21. The first-order chi connectivity index (χ1) is 4.96. The number of hydrogen-bond acceptors (Lipinski definition) is 2. The molecule has 0 spiro atoms. The van der Waals surface area contributed by atoms with E-state index in [0.717, 1.165) is 0 Å². The van der Waals surface area contributed by atoms with Crippen LogP contribution in [-0.4, -0.2) is 40.1 Å². The fourth-order valence-electron chi connectivity index (χ4n) is 0.548. The van der Waals surface area contributed by atoms with E-state index in [-0.39, 0.29) is 11.2 Å². The Morgan fingerprint density at radius 3 is 1.36 bits per heavy atom. The van der Waals surface area contributed by atoms with E-state index in [1.54, 1.807) is 0 Å². The molecular formula is C7H14AlBO2. The molecule has 1 heterocycles. The van der Waals surface area contributed by atoms with Crippen molar-refractivity contribution >= 4 is 28.9 Å². The summed E-state index contributed by atoms with van der Waals surface area (Å²) in [5, 5.41) is 3.17. The third-order valence-corrected chi connectivity index (χ3v) is 2.14. The van der Waals surface area contributed by atoms with Crippen molar-refractivity contribution in [3.8, 4) is 0 Å². The van der Waals surface area contributed by atoms with Crippen LogP contribution in [0.15, 0.2) is 0 Å². The van der Waals surface area contributed by atoms with Crippen LogP contribution in [0.25, 0.3) is 0 Å². The van der Waals surface area contributed by atoms with Crippen molar-refractivity contribution < 1.29 is 9.31 Å². The summed E-state index contributed by atoms with van der Waals surface area (Å²) in [5.74, 6) is 0. The predicted molar refractivity (Wildman–Crippen MR) is 49.0 cm³/mol. The summed E-state index contributed by atoms with van der Waals surface area (Å²) in [6, 6.07) is 0. The van der Waals surface area contributed by atoms with Crippen LogP contribution in [0, 0.1) is 0 Å². The Bertz CT molecular complexity index is 122. The Hall–Kier alpha value is 0.387. The van der Waals surface area contributed by atoms with E-state index >= 15 is 0 Å². The van der Waals surface area contributed by atoms with Crippen molar-refractivity contribution in [3.05, 3.63) is 0 Å². The van der Waals surface area contributed by atoms with Gasteiger partial charge >= 0.3 is 28.9 Å². The summed E-state index contributed by atoms with van der Waals surface area (Å²) < 4.78 is 10.4. The van der Waals surface area contributed by atoms with Crippen LogP contribution in [0.2, 0.25) is 0 Å². The van der Waals surface area contributed by atoms with Crippen LogP contribution in [0.5, 0.6) is 0 Å². The molecule has 0 aromatic heterocycles. The Morgan fingerprint density at radius 1 is 1.00 bits per heavy atom. The van der Waals surface area contributed by atoms with Gasteiger partial charge in [-0.15, -0.1) is 0 Å². The van der Waals surface area contributed by atoms with Gasteiger partial charge in [0.15, 0.2) is 0 Å². The van der Waals surface area contributed by atoms with Gasteiger partial charge in [0.25, 0.3) is 0 Å². The molecule has 0 aromatic carbocycles. The molecule has 0 bridgehead atoms. The monoisotopic (exact) mass is 168 g/mol. The SMILES string of the molecule is CC1(C)O[B]OC1(C)C.[CH2]=[Al]. The van der Waals surface area contributed by atoms with Gasteiger partial charge in [0.05, 0.1) is 11.2 Å². The van der Waals surface area contributed by atoms with Crippen LogP contribution >= 0.6 is 0 Å². The van der Waals surface area contributed by atoms with Crippen molar-refractivity contribution in [1.29, 1.82) is 0 Å². The van der Waals surface area contributed by atoms with Crippen molar-refractivity contribution in [2.24, 2.45) is 0 Å². The molecule has 4 heteroatoms. The molecule has 0 atom stereocenters. The van der Waals surface area contributed by atoms with Crippen LogP contribution in [0.1, 0.15) is 27.7 Å². The Kier molecular flexibility index (Phi) is 4.00. The second-order valence-corrected chi connectivity index (χ2v) is 3.35. The average Bonchev–Trinajstić information content (AvgIpc) is 2.12. The van der Waals surface area contributed by atoms with Crippen LogP contribution in [0.4, 0.5) is 0 Å². The van der Waals surface area contributed by atoms with Gasteiger partial charge in [-0.25, -0.2) is 0 Å². The van der Waals surface area contributed by atoms with Crippen molar-refractivity contribution in [1.82, 2.24) is 0 Å². The molecule has 1 aliphatic heterocycles. The molecule has 11 heavy (non-hydrogen) atoms. The molecule has 1 aliphatic rings. The summed E-state index contributed by atoms with van der Waals surface area (Å²) in [6.07, 6.45) is 0. The van der Waals surface area contributed by atoms with E-state index in [4.69, 9.17) is 9.31 Å². The van der Waals surface area contributed by atoms with Gasteiger partial charge < -0.3 is 9.31 Å². The molecule has 0 N–H and O–H groups in total. The molecule has 2 radical (unpaired) electrons. The number of rotatable bonds is 0. The Morgan fingerprint density at radius 2 is 1.27 bits per heavy atom. The Labute approximate surface area is 77.5 Å². The van der Waals surface area contributed by atoms with Gasteiger partial charge in [-0.1, -0.05) is 0 Å². The summed E-state index contributed by atoms with van der Waals surface area (Å²) in [4.78, 5) is 0. The molecule has 1 saturated heterocycles. The molecule has 0 saturated carbocycles. The number of hydrogen-bond donors (Lipinski definition) is 0. The molecule has 1 rings (SSSR count). The Balaban J connectivity index is 0.000000461. The molecule has 0 aliphatic carbocycles. The van der Waals surface area contributed by atoms with E-state index in [2.05, 4.69) is 21.2 Å². The topological polar surface area (TPSA) is 18.5 Å². The van der Waals surface area contributed by atoms with Crippen molar-refractivity contribution in [2.75, 3.05) is 0 Å². The molecule has 2 nitrogen and oxygen atoms in total. The first-order valence-electron chi connectivity index (χ1n) is 3.54. The first-order valence-corrected chi connectivity index (χ1v) is 4.35. The summed E-state index contributed by atoms with van der Waals surface area (Å²) in [7, 11) is 1.42. The third kappa shape index (κ3) is 2.42. The summed E-state index contributed by atoms with van der Waals surface area (Å²) >= 11 is 2.17. The van der Waals surface area contributed by atoms with Crippen molar-refractivity contribution in [2.45, 2.75) is 38.9 Å². The first kappa shape index (κ1) is 11.4. The molecule has 60 valence electrons. The van der Waals surface area contributed by atoms with Gasteiger partial charge in [0.2, 0.25) is 0 Å². The van der Waals surface area contributed by atoms with E-state index in [1.165, 1.54) is 7.69 Å². The van der Waals surface area contributed by atoms with Crippen LogP contribution < -0.4 is 0 Å². The third-order valence-electron chi connectivity index (χ3n) is 2.14. The zero-order valence-electron chi connectivity index (χ0n) is 7.68. The van der Waals surface area contributed by atoms with Crippen LogP contribution in [0.3, 0.4) is 0 Å². The van der Waals surface area contributed by atoms with Gasteiger partial charge in [-0.3, -0.25) is 0 Å². The molecular weight excluding hydrogens is 154 g/mol. The van der Waals surface area contributed by atoms with E-state index in [0.29, 0.717) is 0 Å². The quantitative estimate of drug-likeness (QED) is 0.496. The van der Waals surface area contributed by atoms with Gasteiger partial charge in [0, 0.05) is 0 Å². The predicted octanol–water partition coefficient (Wildman–Crippen LogP) is 0.712. The second kappa shape index (κ2) is 3.87. The normalized spacial score (nSPS) is 24.6.